The molecule has 24 heavy (non-hydrogen) atoms. The Morgan fingerprint density at radius 3 is 2.71 bits per heavy atom. The maximum absolute atomic E-state index is 6.10. The molecule has 0 N–H and O–H groups in total. The van der Waals surface area contributed by atoms with E-state index >= 15 is 0 Å². The fourth-order valence-electron chi connectivity index (χ4n) is 3.05. The van der Waals surface area contributed by atoms with E-state index in [1.807, 2.05) is 34.9 Å². The fraction of sp³-hybridized carbons (Fsp3) is 0.294. The number of imidazole rings is 1. The van der Waals surface area contributed by atoms with E-state index in [0.717, 1.165) is 53.8 Å². The maximum Gasteiger partial charge on any atom is 0.234 e. The lowest BCUT2D eigenvalue weighted by Crippen LogP contribution is -2.46. The molecular formula is C17H17BrClN5. The minimum absolute atomic E-state index is 0.733. The Morgan fingerprint density at radius 1 is 1.12 bits per heavy atom. The number of anilines is 1. The lowest BCUT2D eigenvalue weighted by Gasteiger charge is -2.35. The summed E-state index contributed by atoms with van der Waals surface area (Å²) >= 11 is 9.74. The van der Waals surface area contributed by atoms with Gasteiger partial charge in [-0.15, -0.1) is 0 Å². The second-order valence-corrected chi connectivity index (χ2v) is 7.07. The van der Waals surface area contributed by atoms with Gasteiger partial charge in [-0.2, -0.15) is 0 Å². The quantitative estimate of drug-likeness (QED) is 0.667. The largest absolute Gasteiger partial charge is 0.369 e. The molecular weight excluding hydrogens is 390 g/mol. The van der Waals surface area contributed by atoms with Crippen molar-refractivity contribution in [3.8, 4) is 0 Å². The molecule has 1 aliphatic rings. The van der Waals surface area contributed by atoms with Crippen molar-refractivity contribution in [2.24, 2.45) is 0 Å². The van der Waals surface area contributed by atoms with Crippen LogP contribution in [0.2, 0.25) is 5.02 Å². The molecule has 3 aromatic rings. The molecule has 0 aliphatic carbocycles. The molecule has 0 atom stereocenters. The Labute approximate surface area is 154 Å². The molecule has 124 valence electrons. The van der Waals surface area contributed by atoms with Gasteiger partial charge >= 0.3 is 0 Å². The summed E-state index contributed by atoms with van der Waals surface area (Å²) < 4.78 is 2.96. The molecule has 2 aromatic heterocycles. The highest BCUT2D eigenvalue weighted by atomic mass is 79.9. The summed E-state index contributed by atoms with van der Waals surface area (Å²) in [6.07, 6.45) is 3.74. The number of aromatic nitrogens is 3. The summed E-state index contributed by atoms with van der Waals surface area (Å²) in [6.45, 7) is 4.81. The van der Waals surface area contributed by atoms with E-state index in [4.69, 9.17) is 11.6 Å². The normalized spacial score (nSPS) is 16.0. The van der Waals surface area contributed by atoms with E-state index in [2.05, 4.69) is 41.8 Å². The lowest BCUT2D eigenvalue weighted by molar-refractivity contribution is 0.247. The van der Waals surface area contributed by atoms with Crippen molar-refractivity contribution in [1.82, 2.24) is 19.3 Å². The van der Waals surface area contributed by atoms with Gasteiger partial charge < -0.3 is 4.90 Å². The van der Waals surface area contributed by atoms with Crippen molar-refractivity contribution in [3.63, 3.8) is 0 Å². The van der Waals surface area contributed by atoms with Crippen LogP contribution in [0.25, 0.3) is 5.78 Å². The van der Waals surface area contributed by atoms with Gasteiger partial charge in [0.1, 0.15) is 4.60 Å². The van der Waals surface area contributed by atoms with Gasteiger partial charge in [-0.1, -0.05) is 17.7 Å². The van der Waals surface area contributed by atoms with E-state index in [0.29, 0.717) is 0 Å². The average Bonchev–Trinajstić information content (AvgIpc) is 2.92. The number of hydrogen-bond acceptors (Lipinski definition) is 4. The third-order valence-corrected chi connectivity index (χ3v) is 5.41. The Bertz CT molecular complexity index is 857. The Morgan fingerprint density at radius 2 is 1.96 bits per heavy atom. The molecule has 1 saturated heterocycles. The van der Waals surface area contributed by atoms with Gasteiger partial charge in [0, 0.05) is 55.8 Å². The van der Waals surface area contributed by atoms with E-state index in [-0.39, 0.29) is 0 Å². The van der Waals surface area contributed by atoms with Crippen LogP contribution >= 0.6 is 27.5 Å². The van der Waals surface area contributed by atoms with Gasteiger partial charge in [-0.25, -0.2) is 9.97 Å². The molecule has 1 fully saturated rings. The summed E-state index contributed by atoms with van der Waals surface area (Å²) in [5.74, 6) is 0.733. The fourth-order valence-corrected chi connectivity index (χ4v) is 3.73. The predicted octanol–water partition coefficient (Wildman–Crippen LogP) is 3.47. The van der Waals surface area contributed by atoms with Crippen molar-refractivity contribution >= 4 is 39.0 Å². The number of hydrogen-bond donors (Lipinski definition) is 0. The van der Waals surface area contributed by atoms with Crippen LogP contribution in [0.3, 0.4) is 0 Å². The first-order valence-electron chi connectivity index (χ1n) is 7.91. The van der Waals surface area contributed by atoms with Gasteiger partial charge in [0.05, 0.1) is 5.69 Å². The standard InChI is InChI=1S/C17H17BrClN5/c18-16-15(21-17-20-5-2-6-24(16)17)12-22-7-9-23(10-8-22)14-4-1-3-13(19)11-14/h1-6,11H,7-10,12H2. The molecule has 0 radical (unpaired) electrons. The number of halogens is 2. The molecule has 0 spiro atoms. The monoisotopic (exact) mass is 405 g/mol. The van der Waals surface area contributed by atoms with Crippen molar-refractivity contribution in [2.45, 2.75) is 6.54 Å². The van der Waals surface area contributed by atoms with Crippen molar-refractivity contribution in [3.05, 3.63) is 58.0 Å². The van der Waals surface area contributed by atoms with Crippen molar-refractivity contribution in [1.29, 1.82) is 0 Å². The van der Waals surface area contributed by atoms with Crippen LogP contribution in [0.1, 0.15) is 5.69 Å². The van der Waals surface area contributed by atoms with Crippen LogP contribution in [0.15, 0.2) is 47.3 Å². The second kappa shape index (κ2) is 6.70. The zero-order chi connectivity index (χ0) is 16.5. The third-order valence-electron chi connectivity index (χ3n) is 4.33. The van der Waals surface area contributed by atoms with Gasteiger partial charge in [0.2, 0.25) is 5.78 Å². The minimum atomic E-state index is 0.733. The first kappa shape index (κ1) is 15.9. The zero-order valence-electron chi connectivity index (χ0n) is 13.1. The van der Waals surface area contributed by atoms with E-state index in [1.54, 1.807) is 6.20 Å². The predicted molar refractivity (Wildman–Crippen MR) is 99.6 cm³/mol. The average molecular weight is 407 g/mol. The Balaban J connectivity index is 1.43. The molecule has 4 rings (SSSR count). The molecule has 0 bridgehead atoms. The number of nitrogens with zero attached hydrogens (tertiary/aromatic N) is 5. The molecule has 0 unspecified atom stereocenters. The molecule has 5 nitrogen and oxygen atoms in total. The summed E-state index contributed by atoms with van der Waals surface area (Å²) in [5, 5.41) is 0.788. The smallest absolute Gasteiger partial charge is 0.234 e. The van der Waals surface area contributed by atoms with Crippen LogP contribution in [-0.4, -0.2) is 45.4 Å². The van der Waals surface area contributed by atoms with Gasteiger partial charge in [0.25, 0.3) is 0 Å². The van der Waals surface area contributed by atoms with Crippen LogP contribution in [-0.2, 0) is 6.54 Å². The third kappa shape index (κ3) is 3.14. The maximum atomic E-state index is 6.10. The van der Waals surface area contributed by atoms with Crippen LogP contribution in [0.4, 0.5) is 5.69 Å². The molecule has 1 aromatic carbocycles. The number of fused-ring (bicyclic) bond motifs is 1. The molecule has 1 aliphatic heterocycles. The number of piperazine rings is 1. The lowest BCUT2D eigenvalue weighted by atomic mass is 10.2. The summed E-state index contributed by atoms with van der Waals surface area (Å²) in [5.41, 5.74) is 2.23. The Kier molecular flexibility index (Phi) is 4.43. The molecule has 0 amide bonds. The van der Waals surface area contributed by atoms with Crippen LogP contribution < -0.4 is 4.90 Å². The topological polar surface area (TPSA) is 36.7 Å². The van der Waals surface area contributed by atoms with Gasteiger partial charge in [-0.3, -0.25) is 9.30 Å². The summed E-state index contributed by atoms with van der Waals surface area (Å²) in [4.78, 5) is 13.7. The SMILES string of the molecule is Clc1cccc(N2CCN(Cc3nc4ncccn4c3Br)CC2)c1. The second-order valence-electron chi connectivity index (χ2n) is 5.88. The first-order chi connectivity index (χ1) is 11.7. The van der Waals surface area contributed by atoms with E-state index in [1.165, 1.54) is 5.69 Å². The number of benzene rings is 1. The highest BCUT2D eigenvalue weighted by molar-refractivity contribution is 9.10. The molecule has 3 heterocycles. The first-order valence-corrected chi connectivity index (χ1v) is 9.08. The highest BCUT2D eigenvalue weighted by Crippen LogP contribution is 2.23. The van der Waals surface area contributed by atoms with Crippen molar-refractivity contribution in [2.75, 3.05) is 31.1 Å². The molecule has 7 heteroatoms. The highest BCUT2D eigenvalue weighted by Gasteiger charge is 2.20. The minimum Gasteiger partial charge on any atom is -0.369 e. The number of rotatable bonds is 3. The van der Waals surface area contributed by atoms with Crippen LogP contribution in [0.5, 0.6) is 0 Å². The van der Waals surface area contributed by atoms with E-state index in [9.17, 15) is 0 Å². The van der Waals surface area contributed by atoms with Gasteiger partial charge in [0.15, 0.2) is 0 Å². The zero-order valence-corrected chi connectivity index (χ0v) is 15.4. The molecule has 0 saturated carbocycles. The van der Waals surface area contributed by atoms with Crippen molar-refractivity contribution < 1.29 is 0 Å². The van der Waals surface area contributed by atoms with E-state index < -0.39 is 0 Å². The summed E-state index contributed by atoms with van der Waals surface area (Å²) in [6, 6.07) is 9.97. The van der Waals surface area contributed by atoms with Crippen LogP contribution in [0, 0.1) is 0 Å². The van der Waals surface area contributed by atoms with Gasteiger partial charge in [-0.05, 0) is 40.2 Å². The summed E-state index contributed by atoms with van der Waals surface area (Å²) in [7, 11) is 0. The Hall–Kier alpha value is -1.63.